The summed E-state index contributed by atoms with van der Waals surface area (Å²) in [5, 5.41) is 2.99. The smallest absolute Gasteiger partial charge is 0.166 e. The Kier molecular flexibility index (Phi) is 3.56. The molecule has 1 aromatic rings. The standard InChI is InChI=1S/C7H7Cl2FN2/c8-1-2-11-7-6(10)3-5(9)4-12-7/h3-4H,1-2H2,(H,11,12). The second kappa shape index (κ2) is 4.48. The molecule has 0 atom stereocenters. The van der Waals surface area contributed by atoms with E-state index in [2.05, 4.69) is 10.3 Å². The number of anilines is 1. The summed E-state index contributed by atoms with van der Waals surface area (Å²) in [5.41, 5.74) is 0. The Morgan fingerprint density at radius 3 is 2.92 bits per heavy atom. The van der Waals surface area contributed by atoms with Crippen molar-refractivity contribution in [1.82, 2.24) is 4.98 Å². The summed E-state index contributed by atoms with van der Waals surface area (Å²) in [7, 11) is 0. The van der Waals surface area contributed by atoms with E-state index in [4.69, 9.17) is 23.2 Å². The predicted molar refractivity (Wildman–Crippen MR) is 48.4 cm³/mol. The van der Waals surface area contributed by atoms with Gasteiger partial charge in [0, 0.05) is 18.6 Å². The van der Waals surface area contributed by atoms with Gasteiger partial charge in [-0.05, 0) is 6.07 Å². The van der Waals surface area contributed by atoms with E-state index in [1.54, 1.807) is 0 Å². The van der Waals surface area contributed by atoms with Crippen LogP contribution in [0.1, 0.15) is 0 Å². The molecule has 0 saturated carbocycles. The van der Waals surface area contributed by atoms with E-state index in [1.807, 2.05) is 0 Å². The van der Waals surface area contributed by atoms with E-state index >= 15 is 0 Å². The molecule has 0 aliphatic heterocycles. The zero-order chi connectivity index (χ0) is 8.97. The molecule has 5 heteroatoms. The largest absolute Gasteiger partial charge is 0.366 e. The number of pyridine rings is 1. The lowest BCUT2D eigenvalue weighted by Crippen LogP contribution is -2.05. The molecule has 0 aliphatic rings. The molecule has 0 amide bonds. The van der Waals surface area contributed by atoms with Crippen LogP contribution in [0.25, 0.3) is 0 Å². The van der Waals surface area contributed by atoms with Crippen molar-refractivity contribution in [3.8, 4) is 0 Å². The third-order valence-electron chi connectivity index (χ3n) is 1.19. The van der Waals surface area contributed by atoms with Crippen LogP contribution in [0, 0.1) is 5.82 Å². The van der Waals surface area contributed by atoms with Crippen molar-refractivity contribution in [3.63, 3.8) is 0 Å². The first-order chi connectivity index (χ1) is 5.74. The maximum Gasteiger partial charge on any atom is 0.166 e. The summed E-state index contributed by atoms with van der Waals surface area (Å²) in [6, 6.07) is 1.20. The van der Waals surface area contributed by atoms with E-state index in [1.165, 1.54) is 12.3 Å². The first-order valence-electron chi connectivity index (χ1n) is 3.35. The van der Waals surface area contributed by atoms with Gasteiger partial charge in [0.05, 0.1) is 5.02 Å². The maximum absolute atomic E-state index is 12.9. The highest BCUT2D eigenvalue weighted by molar-refractivity contribution is 6.30. The first-order valence-corrected chi connectivity index (χ1v) is 4.26. The number of rotatable bonds is 3. The lowest BCUT2D eigenvalue weighted by molar-refractivity contribution is 0.625. The number of hydrogen-bond donors (Lipinski definition) is 1. The van der Waals surface area contributed by atoms with Crippen molar-refractivity contribution >= 4 is 29.0 Å². The molecule has 0 aromatic carbocycles. The van der Waals surface area contributed by atoms with E-state index < -0.39 is 5.82 Å². The summed E-state index contributed by atoms with van der Waals surface area (Å²) < 4.78 is 12.9. The number of nitrogens with zero attached hydrogens (tertiary/aromatic N) is 1. The van der Waals surface area contributed by atoms with Crippen LogP contribution in [-0.4, -0.2) is 17.4 Å². The quantitative estimate of drug-likeness (QED) is 0.773. The summed E-state index contributed by atoms with van der Waals surface area (Å²) in [6.45, 7) is 0.479. The van der Waals surface area contributed by atoms with Crippen molar-refractivity contribution in [2.75, 3.05) is 17.7 Å². The van der Waals surface area contributed by atoms with Crippen LogP contribution in [0.4, 0.5) is 10.2 Å². The van der Waals surface area contributed by atoms with Crippen LogP contribution in [0.15, 0.2) is 12.3 Å². The van der Waals surface area contributed by atoms with E-state index in [9.17, 15) is 4.39 Å². The van der Waals surface area contributed by atoms with Gasteiger partial charge >= 0.3 is 0 Å². The molecule has 0 bridgehead atoms. The van der Waals surface area contributed by atoms with Crippen molar-refractivity contribution in [2.24, 2.45) is 0 Å². The molecule has 1 rings (SSSR count). The zero-order valence-electron chi connectivity index (χ0n) is 6.15. The first kappa shape index (κ1) is 9.55. The second-order valence-electron chi connectivity index (χ2n) is 2.10. The Morgan fingerprint density at radius 2 is 2.33 bits per heavy atom. The lowest BCUT2D eigenvalue weighted by Gasteiger charge is -2.03. The second-order valence-corrected chi connectivity index (χ2v) is 2.91. The van der Waals surface area contributed by atoms with Crippen LogP contribution >= 0.6 is 23.2 Å². The van der Waals surface area contributed by atoms with Gasteiger partial charge in [-0.25, -0.2) is 9.37 Å². The highest BCUT2D eigenvalue weighted by Crippen LogP contribution is 2.14. The maximum atomic E-state index is 12.9. The fourth-order valence-electron chi connectivity index (χ4n) is 0.710. The average Bonchev–Trinajstić information content (AvgIpc) is 2.03. The third kappa shape index (κ3) is 2.50. The minimum atomic E-state index is -0.465. The lowest BCUT2D eigenvalue weighted by atomic mass is 10.4. The molecule has 0 saturated heterocycles. The minimum Gasteiger partial charge on any atom is -0.366 e. The molecule has 1 heterocycles. The summed E-state index contributed by atoms with van der Waals surface area (Å²) in [4.78, 5) is 3.74. The Bertz CT molecular complexity index is 268. The number of alkyl halides is 1. The van der Waals surface area contributed by atoms with Crippen LogP contribution in [0.2, 0.25) is 5.02 Å². The van der Waals surface area contributed by atoms with Crippen LogP contribution < -0.4 is 5.32 Å². The fourth-order valence-corrected chi connectivity index (χ4v) is 0.949. The molecular formula is C7H7Cl2FN2. The van der Waals surface area contributed by atoms with Crippen molar-refractivity contribution in [2.45, 2.75) is 0 Å². The summed E-state index contributed by atoms with van der Waals surface area (Å²) in [6.07, 6.45) is 1.38. The number of halogens is 3. The van der Waals surface area contributed by atoms with Crippen LogP contribution in [0.5, 0.6) is 0 Å². The molecule has 0 radical (unpaired) electrons. The number of nitrogens with one attached hydrogen (secondary N) is 1. The average molecular weight is 209 g/mol. The normalized spacial score (nSPS) is 9.92. The topological polar surface area (TPSA) is 24.9 Å². The van der Waals surface area contributed by atoms with Gasteiger partial charge in [-0.1, -0.05) is 11.6 Å². The van der Waals surface area contributed by atoms with Crippen molar-refractivity contribution in [1.29, 1.82) is 0 Å². The fraction of sp³-hybridized carbons (Fsp3) is 0.286. The molecule has 0 unspecified atom stereocenters. The molecule has 2 nitrogen and oxygen atoms in total. The van der Waals surface area contributed by atoms with E-state index in [0.717, 1.165) is 0 Å². The highest BCUT2D eigenvalue weighted by Gasteiger charge is 2.02. The van der Waals surface area contributed by atoms with Crippen LogP contribution in [0.3, 0.4) is 0 Å². The van der Waals surface area contributed by atoms with Gasteiger partial charge in [0.1, 0.15) is 0 Å². The summed E-state index contributed by atoms with van der Waals surface area (Å²) >= 11 is 10.9. The Hall–Kier alpha value is -0.540. The van der Waals surface area contributed by atoms with Crippen molar-refractivity contribution < 1.29 is 4.39 Å². The monoisotopic (exact) mass is 208 g/mol. The van der Waals surface area contributed by atoms with Gasteiger partial charge < -0.3 is 5.32 Å². The predicted octanol–water partition coefficient (Wildman–Crippen LogP) is 2.52. The Labute approximate surface area is 79.7 Å². The molecule has 0 fully saturated rings. The van der Waals surface area contributed by atoms with Gasteiger partial charge in [-0.2, -0.15) is 0 Å². The Balaban J connectivity index is 2.72. The molecular weight excluding hydrogens is 202 g/mol. The highest BCUT2D eigenvalue weighted by atomic mass is 35.5. The molecule has 1 aromatic heterocycles. The SMILES string of the molecule is Fc1cc(Cl)cnc1NCCCl. The molecule has 12 heavy (non-hydrogen) atoms. The molecule has 0 spiro atoms. The Morgan fingerprint density at radius 1 is 1.58 bits per heavy atom. The third-order valence-corrected chi connectivity index (χ3v) is 1.59. The number of aromatic nitrogens is 1. The van der Waals surface area contributed by atoms with Gasteiger partial charge in [-0.3, -0.25) is 0 Å². The van der Waals surface area contributed by atoms with E-state index in [0.29, 0.717) is 12.4 Å². The van der Waals surface area contributed by atoms with E-state index in [-0.39, 0.29) is 10.8 Å². The molecule has 66 valence electrons. The van der Waals surface area contributed by atoms with Gasteiger partial charge in [-0.15, -0.1) is 11.6 Å². The number of hydrogen-bond acceptors (Lipinski definition) is 2. The molecule has 1 N–H and O–H groups in total. The van der Waals surface area contributed by atoms with Gasteiger partial charge in [0.2, 0.25) is 0 Å². The minimum absolute atomic E-state index is 0.181. The summed E-state index contributed by atoms with van der Waals surface area (Å²) in [5.74, 6) is 0.122. The zero-order valence-corrected chi connectivity index (χ0v) is 7.66. The van der Waals surface area contributed by atoms with Crippen molar-refractivity contribution in [3.05, 3.63) is 23.1 Å². The van der Waals surface area contributed by atoms with Gasteiger partial charge in [0.25, 0.3) is 0 Å². The van der Waals surface area contributed by atoms with Gasteiger partial charge in [0.15, 0.2) is 11.6 Å². The van der Waals surface area contributed by atoms with Crippen LogP contribution in [-0.2, 0) is 0 Å². The molecule has 0 aliphatic carbocycles.